The molecular weight excluding hydrogens is 264 g/mol. The minimum Gasteiger partial charge on any atom is -0.361 e. The topological polar surface area (TPSA) is 19.0 Å². The number of likely N-dealkylation sites (N-methyl/N-ethyl adjacent to an activating group) is 1. The maximum absolute atomic E-state index is 3.46. The van der Waals surface area contributed by atoms with Crippen molar-refractivity contribution < 1.29 is 0 Å². The van der Waals surface area contributed by atoms with E-state index < -0.39 is 0 Å². The average Bonchev–Trinajstić information content (AvgIpc) is 2.86. The number of aromatic amines is 1. The fourth-order valence-corrected chi connectivity index (χ4v) is 5.12. The van der Waals surface area contributed by atoms with Gasteiger partial charge in [0.05, 0.1) is 0 Å². The molecule has 0 unspecified atom stereocenters. The zero-order valence-corrected chi connectivity index (χ0v) is 13.0. The van der Waals surface area contributed by atoms with Crippen LogP contribution in [-0.4, -0.2) is 41.5 Å². The molecule has 1 fully saturated rings. The molecule has 0 radical (unpaired) electrons. The molecule has 106 valence electrons. The van der Waals surface area contributed by atoms with E-state index in [1.807, 2.05) is 11.8 Å². The maximum Gasteiger partial charge on any atom is 0.0459 e. The van der Waals surface area contributed by atoms with E-state index in [1.54, 1.807) is 5.56 Å². The Kier molecular flexibility index (Phi) is 3.08. The van der Waals surface area contributed by atoms with E-state index in [9.17, 15) is 0 Å². The molecule has 20 heavy (non-hydrogen) atoms. The summed E-state index contributed by atoms with van der Waals surface area (Å²) in [7, 11) is 2.32. The molecule has 1 aromatic carbocycles. The van der Waals surface area contributed by atoms with E-state index in [0.29, 0.717) is 6.04 Å². The first-order valence-corrected chi connectivity index (χ1v) is 8.95. The van der Waals surface area contributed by atoms with Crippen LogP contribution in [0.1, 0.15) is 23.5 Å². The highest BCUT2D eigenvalue weighted by molar-refractivity contribution is 7.98. The van der Waals surface area contributed by atoms with Crippen molar-refractivity contribution in [2.75, 3.05) is 25.6 Å². The quantitative estimate of drug-likeness (QED) is 0.911. The van der Waals surface area contributed by atoms with Gasteiger partial charge in [-0.05, 0) is 55.0 Å². The summed E-state index contributed by atoms with van der Waals surface area (Å²) in [5.41, 5.74) is 4.44. The molecule has 0 bridgehead atoms. The first-order valence-electron chi connectivity index (χ1n) is 7.56. The third-order valence-electron chi connectivity index (χ3n) is 5.21. The Morgan fingerprint density at radius 3 is 3.15 bits per heavy atom. The smallest absolute Gasteiger partial charge is 0.0459 e. The van der Waals surface area contributed by atoms with Gasteiger partial charge in [-0.2, -0.15) is 11.8 Å². The number of nitrogens with one attached hydrogen (secondary N) is 1. The fourth-order valence-electron chi connectivity index (χ4n) is 4.41. The zero-order valence-electron chi connectivity index (χ0n) is 12.2. The van der Waals surface area contributed by atoms with Gasteiger partial charge in [0.25, 0.3) is 0 Å². The van der Waals surface area contributed by atoms with Crippen LogP contribution in [0.2, 0.25) is 0 Å². The monoisotopic (exact) mass is 286 g/mol. The van der Waals surface area contributed by atoms with Crippen LogP contribution in [0.5, 0.6) is 0 Å². The standard InChI is InChI=1S/C17H22N2S/c1-19-9-11(10-20-2)6-14-13-4-3-5-15-17(13)12(8-18-15)7-16(14)19/h3-5,8,11,14,16,18H,6-7,9-10H2,1-2H3/t11-,14+,16-/m1/s1. The fraction of sp³-hybridized carbons (Fsp3) is 0.529. The summed E-state index contributed by atoms with van der Waals surface area (Å²) in [5, 5.41) is 1.52. The Hall–Kier alpha value is -0.930. The number of rotatable bonds is 2. The van der Waals surface area contributed by atoms with Gasteiger partial charge in [0.2, 0.25) is 0 Å². The lowest BCUT2D eigenvalue weighted by Gasteiger charge is -2.45. The van der Waals surface area contributed by atoms with Crippen molar-refractivity contribution in [2.45, 2.75) is 24.8 Å². The van der Waals surface area contributed by atoms with Crippen molar-refractivity contribution in [3.63, 3.8) is 0 Å². The van der Waals surface area contributed by atoms with Crippen molar-refractivity contribution in [2.24, 2.45) is 5.92 Å². The van der Waals surface area contributed by atoms with Gasteiger partial charge in [0.1, 0.15) is 0 Å². The number of likely N-dealkylation sites (tertiary alicyclic amines) is 1. The predicted octanol–water partition coefficient (Wildman–Crippen LogP) is 3.49. The molecule has 1 N–H and O–H groups in total. The minimum absolute atomic E-state index is 0.696. The molecular formula is C17H22N2S. The highest BCUT2D eigenvalue weighted by Gasteiger charge is 2.38. The second-order valence-electron chi connectivity index (χ2n) is 6.46. The van der Waals surface area contributed by atoms with E-state index in [-0.39, 0.29) is 0 Å². The van der Waals surface area contributed by atoms with E-state index in [0.717, 1.165) is 11.8 Å². The van der Waals surface area contributed by atoms with E-state index >= 15 is 0 Å². The Labute approximate surface area is 124 Å². The first kappa shape index (κ1) is 12.8. The Bertz CT molecular complexity index is 633. The Morgan fingerprint density at radius 1 is 1.40 bits per heavy atom. The van der Waals surface area contributed by atoms with Crippen molar-refractivity contribution in [1.29, 1.82) is 0 Å². The Morgan fingerprint density at radius 2 is 2.30 bits per heavy atom. The van der Waals surface area contributed by atoms with E-state index in [1.165, 1.54) is 41.6 Å². The van der Waals surface area contributed by atoms with Gasteiger partial charge in [-0.3, -0.25) is 0 Å². The summed E-state index contributed by atoms with van der Waals surface area (Å²) >= 11 is 2.00. The second kappa shape index (κ2) is 4.81. The van der Waals surface area contributed by atoms with Gasteiger partial charge in [0.15, 0.2) is 0 Å². The lowest BCUT2D eigenvalue weighted by atomic mass is 9.73. The van der Waals surface area contributed by atoms with Crippen LogP contribution in [0, 0.1) is 5.92 Å². The van der Waals surface area contributed by atoms with Crippen molar-refractivity contribution in [3.05, 3.63) is 35.5 Å². The molecule has 2 aliphatic rings. The van der Waals surface area contributed by atoms with Gasteiger partial charge in [-0.25, -0.2) is 0 Å². The SMILES string of the molecule is CSC[C@@H]1C[C@H]2c3cccc4[nH]cc(c34)C[C@H]2N(C)C1. The van der Waals surface area contributed by atoms with Crippen molar-refractivity contribution >= 4 is 22.7 Å². The van der Waals surface area contributed by atoms with Crippen LogP contribution in [0.4, 0.5) is 0 Å². The number of hydrogen-bond acceptors (Lipinski definition) is 2. The number of H-pyrrole nitrogens is 1. The molecule has 1 aromatic heterocycles. The van der Waals surface area contributed by atoms with Crippen molar-refractivity contribution in [3.8, 4) is 0 Å². The molecule has 2 nitrogen and oxygen atoms in total. The van der Waals surface area contributed by atoms with Gasteiger partial charge in [-0.15, -0.1) is 0 Å². The number of fused-ring (bicyclic) bond motifs is 2. The van der Waals surface area contributed by atoms with Crippen LogP contribution in [0.3, 0.4) is 0 Å². The van der Waals surface area contributed by atoms with E-state index in [2.05, 4.69) is 47.6 Å². The summed E-state index contributed by atoms with van der Waals surface area (Å²) < 4.78 is 0. The summed E-state index contributed by atoms with van der Waals surface area (Å²) in [6.07, 6.45) is 7.04. The van der Waals surface area contributed by atoms with Gasteiger partial charge in [0, 0.05) is 35.6 Å². The maximum atomic E-state index is 3.46. The molecule has 3 heteroatoms. The van der Waals surface area contributed by atoms with Gasteiger partial charge < -0.3 is 9.88 Å². The molecule has 1 aliphatic carbocycles. The molecule has 2 aromatic rings. The molecule has 0 spiro atoms. The predicted molar refractivity (Wildman–Crippen MR) is 87.7 cm³/mol. The number of nitrogens with zero attached hydrogens (tertiary/aromatic N) is 1. The van der Waals surface area contributed by atoms with Crippen LogP contribution < -0.4 is 0 Å². The third-order valence-corrected chi connectivity index (χ3v) is 6.02. The number of benzene rings is 1. The molecule has 4 rings (SSSR count). The average molecular weight is 286 g/mol. The second-order valence-corrected chi connectivity index (χ2v) is 7.37. The highest BCUT2D eigenvalue weighted by Crippen LogP contribution is 2.44. The third kappa shape index (κ3) is 1.83. The number of aromatic nitrogens is 1. The number of piperidine rings is 1. The molecule has 0 amide bonds. The molecule has 3 atom stereocenters. The van der Waals surface area contributed by atoms with Crippen molar-refractivity contribution in [1.82, 2.24) is 9.88 Å². The van der Waals surface area contributed by atoms with E-state index in [4.69, 9.17) is 0 Å². The highest BCUT2D eigenvalue weighted by atomic mass is 32.2. The van der Waals surface area contributed by atoms with Crippen LogP contribution >= 0.6 is 11.8 Å². The molecule has 1 saturated heterocycles. The summed E-state index contributed by atoms with van der Waals surface area (Å²) in [5.74, 6) is 2.86. The minimum atomic E-state index is 0.696. The first-order chi connectivity index (χ1) is 9.78. The summed E-state index contributed by atoms with van der Waals surface area (Å²) in [4.78, 5) is 6.07. The lowest BCUT2D eigenvalue weighted by Crippen LogP contribution is -2.48. The lowest BCUT2D eigenvalue weighted by molar-refractivity contribution is 0.121. The van der Waals surface area contributed by atoms with Gasteiger partial charge in [-0.1, -0.05) is 12.1 Å². The number of hydrogen-bond donors (Lipinski definition) is 1. The van der Waals surface area contributed by atoms with Crippen LogP contribution in [-0.2, 0) is 6.42 Å². The molecule has 0 saturated carbocycles. The number of thioether (sulfide) groups is 1. The summed E-state index contributed by atoms with van der Waals surface area (Å²) in [6.45, 7) is 1.26. The molecule has 1 aliphatic heterocycles. The van der Waals surface area contributed by atoms with Crippen LogP contribution in [0.25, 0.3) is 10.9 Å². The van der Waals surface area contributed by atoms with Crippen LogP contribution in [0.15, 0.2) is 24.4 Å². The van der Waals surface area contributed by atoms with Gasteiger partial charge >= 0.3 is 0 Å². The Balaban J connectivity index is 1.79. The normalized spacial score (nSPS) is 29.6. The largest absolute Gasteiger partial charge is 0.361 e. The molecule has 2 heterocycles. The zero-order chi connectivity index (χ0) is 13.7. The summed E-state index contributed by atoms with van der Waals surface area (Å²) in [6, 6.07) is 7.50.